The van der Waals surface area contributed by atoms with Crippen LogP contribution in [0.15, 0.2) is 47.4 Å². The summed E-state index contributed by atoms with van der Waals surface area (Å²) in [6.07, 6.45) is 5.59. The second-order valence-corrected chi connectivity index (χ2v) is 6.79. The molecule has 1 unspecified atom stereocenters. The maximum atomic E-state index is 13.0. The molecule has 2 heterocycles. The quantitative estimate of drug-likeness (QED) is 0.857. The van der Waals surface area contributed by atoms with Crippen LogP contribution in [0, 0.1) is 11.7 Å². The van der Waals surface area contributed by atoms with Gasteiger partial charge in [0.25, 0.3) is 5.91 Å². The third-order valence-electron chi connectivity index (χ3n) is 4.89. The van der Waals surface area contributed by atoms with E-state index in [1.54, 1.807) is 19.3 Å². The van der Waals surface area contributed by atoms with E-state index in [1.807, 2.05) is 17.0 Å². The van der Waals surface area contributed by atoms with E-state index in [9.17, 15) is 14.0 Å². The molecule has 0 N–H and O–H groups in total. The molecule has 132 valence electrons. The fraction of sp³-hybridized carbons (Fsp3) is 0.400. The summed E-state index contributed by atoms with van der Waals surface area (Å²) in [5.41, 5.74) is 1.57. The summed E-state index contributed by atoms with van der Waals surface area (Å²) in [6, 6.07) is 9.67. The number of benzene rings is 1. The smallest absolute Gasteiger partial charge is 0.255 e. The Morgan fingerprint density at radius 3 is 2.68 bits per heavy atom. The molecule has 0 radical (unpaired) electrons. The van der Waals surface area contributed by atoms with E-state index in [0.717, 1.165) is 44.3 Å². The highest BCUT2D eigenvalue weighted by molar-refractivity contribution is 5.94. The lowest BCUT2D eigenvalue weighted by atomic mass is 9.91. The number of amides is 1. The van der Waals surface area contributed by atoms with Gasteiger partial charge in [0.2, 0.25) is 5.56 Å². The van der Waals surface area contributed by atoms with E-state index in [2.05, 4.69) is 0 Å². The van der Waals surface area contributed by atoms with Gasteiger partial charge in [-0.1, -0.05) is 12.1 Å². The standard InChI is InChI=1S/C20H23FN2O2/c1-22-14-17(8-11-19(22)24)20(25)23-12-2-3-16(13-23)5-4-15-6-9-18(21)10-7-15/h6-11,14,16H,2-5,12-13H2,1H3. The molecule has 1 fully saturated rings. The molecular formula is C20H23FN2O2. The Balaban J connectivity index is 1.60. The van der Waals surface area contributed by atoms with Gasteiger partial charge in [-0.3, -0.25) is 9.59 Å². The van der Waals surface area contributed by atoms with Gasteiger partial charge in [-0.25, -0.2) is 4.39 Å². The lowest BCUT2D eigenvalue weighted by molar-refractivity contribution is 0.0667. The Bertz CT molecular complexity index is 798. The van der Waals surface area contributed by atoms with Gasteiger partial charge in [-0.15, -0.1) is 0 Å². The van der Waals surface area contributed by atoms with Crippen LogP contribution in [0.2, 0.25) is 0 Å². The van der Waals surface area contributed by atoms with Crippen molar-refractivity contribution in [2.24, 2.45) is 13.0 Å². The number of aryl methyl sites for hydroxylation is 2. The van der Waals surface area contributed by atoms with Crippen LogP contribution in [0.25, 0.3) is 0 Å². The van der Waals surface area contributed by atoms with Crippen molar-refractivity contribution >= 4 is 5.91 Å². The SMILES string of the molecule is Cn1cc(C(=O)N2CCCC(CCc3ccc(F)cc3)C2)ccc1=O. The van der Waals surface area contributed by atoms with Crippen molar-refractivity contribution in [2.75, 3.05) is 13.1 Å². The van der Waals surface area contributed by atoms with Gasteiger partial charge in [0.05, 0.1) is 5.56 Å². The molecule has 1 aromatic heterocycles. The first-order valence-electron chi connectivity index (χ1n) is 8.73. The fourth-order valence-corrected chi connectivity index (χ4v) is 3.41. The lowest BCUT2D eigenvalue weighted by Gasteiger charge is -2.33. The summed E-state index contributed by atoms with van der Waals surface area (Å²) in [4.78, 5) is 26.1. The highest BCUT2D eigenvalue weighted by Gasteiger charge is 2.24. The zero-order valence-electron chi connectivity index (χ0n) is 14.5. The number of pyridine rings is 1. The number of carbonyl (C=O) groups is 1. The zero-order valence-corrected chi connectivity index (χ0v) is 14.5. The predicted molar refractivity (Wildman–Crippen MR) is 95.0 cm³/mol. The van der Waals surface area contributed by atoms with Crippen molar-refractivity contribution in [2.45, 2.75) is 25.7 Å². The van der Waals surface area contributed by atoms with Crippen LogP contribution in [-0.4, -0.2) is 28.5 Å². The molecule has 1 saturated heterocycles. The number of likely N-dealkylation sites (tertiary alicyclic amines) is 1. The molecule has 1 aromatic carbocycles. The molecule has 5 heteroatoms. The average molecular weight is 342 g/mol. The molecule has 3 rings (SSSR count). The van der Waals surface area contributed by atoms with Crippen LogP contribution in [0.5, 0.6) is 0 Å². The van der Waals surface area contributed by atoms with Gasteiger partial charge in [0.1, 0.15) is 5.82 Å². The Morgan fingerprint density at radius 2 is 1.96 bits per heavy atom. The highest BCUT2D eigenvalue weighted by atomic mass is 19.1. The Hall–Kier alpha value is -2.43. The molecular weight excluding hydrogens is 319 g/mol. The third-order valence-corrected chi connectivity index (χ3v) is 4.89. The van der Waals surface area contributed by atoms with Crippen molar-refractivity contribution in [3.05, 3.63) is 69.9 Å². The topological polar surface area (TPSA) is 42.3 Å². The predicted octanol–water partition coefficient (Wildman–Crippen LogP) is 3.01. The Kier molecular flexibility index (Phi) is 5.31. The van der Waals surface area contributed by atoms with E-state index in [4.69, 9.17) is 0 Å². The fourth-order valence-electron chi connectivity index (χ4n) is 3.41. The van der Waals surface area contributed by atoms with Crippen LogP contribution in [0.4, 0.5) is 4.39 Å². The maximum Gasteiger partial charge on any atom is 0.255 e. The monoisotopic (exact) mass is 342 g/mol. The molecule has 0 bridgehead atoms. The minimum atomic E-state index is -0.213. The zero-order chi connectivity index (χ0) is 17.8. The largest absolute Gasteiger partial charge is 0.338 e. The van der Waals surface area contributed by atoms with Crippen LogP contribution in [0.3, 0.4) is 0 Å². The molecule has 25 heavy (non-hydrogen) atoms. The molecule has 0 aliphatic carbocycles. The third kappa shape index (κ3) is 4.35. The molecule has 1 aliphatic heterocycles. The molecule has 1 amide bonds. The van der Waals surface area contributed by atoms with Gasteiger partial charge in [-0.05, 0) is 55.4 Å². The van der Waals surface area contributed by atoms with Crippen LogP contribution in [-0.2, 0) is 13.5 Å². The molecule has 4 nitrogen and oxygen atoms in total. The molecule has 1 atom stereocenters. The Labute approximate surface area is 146 Å². The summed E-state index contributed by atoms with van der Waals surface area (Å²) in [6.45, 7) is 1.50. The first-order valence-corrected chi connectivity index (χ1v) is 8.73. The number of piperidine rings is 1. The number of aromatic nitrogens is 1. The van der Waals surface area contributed by atoms with Gasteiger partial charge >= 0.3 is 0 Å². The van der Waals surface area contributed by atoms with Crippen LogP contribution >= 0.6 is 0 Å². The van der Waals surface area contributed by atoms with Gasteiger partial charge in [0, 0.05) is 32.4 Å². The van der Waals surface area contributed by atoms with Gasteiger partial charge in [-0.2, -0.15) is 0 Å². The number of carbonyl (C=O) groups excluding carboxylic acids is 1. The van der Waals surface area contributed by atoms with Crippen LogP contribution in [0.1, 0.15) is 35.2 Å². The normalized spacial score (nSPS) is 17.5. The maximum absolute atomic E-state index is 13.0. The minimum Gasteiger partial charge on any atom is -0.338 e. The number of hydrogen-bond acceptors (Lipinski definition) is 2. The number of hydrogen-bond donors (Lipinski definition) is 0. The summed E-state index contributed by atoms with van der Waals surface area (Å²) in [5, 5.41) is 0. The molecule has 0 spiro atoms. The number of nitrogens with zero attached hydrogens (tertiary/aromatic N) is 2. The average Bonchev–Trinajstić information content (AvgIpc) is 2.63. The molecule has 2 aromatic rings. The van der Waals surface area contributed by atoms with E-state index in [1.165, 1.54) is 22.8 Å². The molecule has 0 saturated carbocycles. The summed E-state index contributed by atoms with van der Waals surface area (Å²) in [7, 11) is 1.65. The van der Waals surface area contributed by atoms with Gasteiger partial charge < -0.3 is 9.47 Å². The van der Waals surface area contributed by atoms with E-state index < -0.39 is 0 Å². The highest BCUT2D eigenvalue weighted by Crippen LogP contribution is 2.23. The van der Waals surface area contributed by atoms with Crippen molar-refractivity contribution in [3.8, 4) is 0 Å². The number of rotatable bonds is 4. The molecule has 1 aliphatic rings. The second-order valence-electron chi connectivity index (χ2n) is 6.79. The summed E-state index contributed by atoms with van der Waals surface area (Å²) >= 11 is 0. The first kappa shape index (κ1) is 17.4. The Morgan fingerprint density at radius 1 is 1.20 bits per heavy atom. The van der Waals surface area contributed by atoms with Crippen molar-refractivity contribution < 1.29 is 9.18 Å². The van der Waals surface area contributed by atoms with E-state index >= 15 is 0 Å². The second kappa shape index (κ2) is 7.64. The van der Waals surface area contributed by atoms with E-state index in [-0.39, 0.29) is 17.3 Å². The first-order chi connectivity index (χ1) is 12.0. The van der Waals surface area contributed by atoms with Crippen molar-refractivity contribution in [1.29, 1.82) is 0 Å². The number of halogens is 1. The van der Waals surface area contributed by atoms with Crippen molar-refractivity contribution in [3.63, 3.8) is 0 Å². The van der Waals surface area contributed by atoms with Gasteiger partial charge in [0.15, 0.2) is 0 Å². The lowest BCUT2D eigenvalue weighted by Crippen LogP contribution is -2.40. The van der Waals surface area contributed by atoms with Crippen LogP contribution < -0.4 is 5.56 Å². The van der Waals surface area contributed by atoms with E-state index in [0.29, 0.717) is 11.5 Å². The summed E-state index contributed by atoms with van der Waals surface area (Å²) in [5.74, 6) is 0.229. The van der Waals surface area contributed by atoms with Crippen molar-refractivity contribution in [1.82, 2.24) is 9.47 Å². The minimum absolute atomic E-state index is 0.0120. The summed E-state index contributed by atoms with van der Waals surface area (Å²) < 4.78 is 14.4.